The van der Waals surface area contributed by atoms with Crippen molar-refractivity contribution >= 4 is 21.9 Å². The lowest BCUT2D eigenvalue weighted by atomic mass is 10.3. The second kappa shape index (κ2) is 5.57. The van der Waals surface area contributed by atoms with Gasteiger partial charge in [0, 0.05) is 20.6 Å². The van der Waals surface area contributed by atoms with Crippen LogP contribution in [0.15, 0.2) is 0 Å². The first-order chi connectivity index (χ1) is 8.65. The molecule has 0 radical (unpaired) electrons. The fourth-order valence-corrected chi connectivity index (χ4v) is 2.54. The van der Waals surface area contributed by atoms with Crippen LogP contribution in [-0.2, 0) is 22.1 Å². The van der Waals surface area contributed by atoms with Gasteiger partial charge in [0.1, 0.15) is 0 Å². The minimum atomic E-state index is -3.77. The predicted molar refractivity (Wildman–Crippen MR) is 70.1 cm³/mol. The number of carbonyl (C=O) groups is 1. The van der Waals surface area contributed by atoms with Crippen molar-refractivity contribution in [2.75, 3.05) is 18.3 Å². The molecule has 0 atom stereocenters. The second-order valence-electron chi connectivity index (χ2n) is 4.24. The zero-order chi connectivity index (χ0) is 14.8. The summed E-state index contributed by atoms with van der Waals surface area (Å²) in [6, 6.07) is 0. The Morgan fingerprint density at radius 1 is 1.47 bits per heavy atom. The molecule has 0 amide bonds. The zero-order valence-corrected chi connectivity index (χ0v) is 12.2. The number of anilines is 1. The number of aliphatic carboxylic acids is 1. The third kappa shape index (κ3) is 3.67. The molecule has 0 bridgehead atoms. The van der Waals surface area contributed by atoms with E-state index in [1.165, 1.54) is 7.05 Å². The Hall–Kier alpha value is -1.61. The lowest BCUT2D eigenvalue weighted by molar-refractivity contribution is -0.137. The number of hydrogen-bond donors (Lipinski definition) is 2. The van der Waals surface area contributed by atoms with Gasteiger partial charge in [0.2, 0.25) is 0 Å². The first kappa shape index (κ1) is 15.4. The summed E-state index contributed by atoms with van der Waals surface area (Å²) in [4.78, 5) is 10.4. The van der Waals surface area contributed by atoms with Crippen LogP contribution in [-0.4, -0.2) is 47.2 Å². The van der Waals surface area contributed by atoms with E-state index in [9.17, 15) is 13.2 Å². The van der Waals surface area contributed by atoms with Gasteiger partial charge in [-0.15, -0.1) is 0 Å². The molecular formula is C10H18N4O4S. The molecule has 0 saturated carbocycles. The maximum Gasteiger partial charge on any atom is 0.304 e. The lowest BCUT2D eigenvalue weighted by Crippen LogP contribution is -2.34. The largest absolute Gasteiger partial charge is 0.481 e. The van der Waals surface area contributed by atoms with Crippen LogP contribution < -0.4 is 4.72 Å². The van der Waals surface area contributed by atoms with Crippen molar-refractivity contribution in [3.8, 4) is 0 Å². The van der Waals surface area contributed by atoms with E-state index in [2.05, 4.69) is 9.82 Å². The first-order valence-corrected chi connectivity index (χ1v) is 7.05. The molecule has 2 N–H and O–H groups in total. The molecule has 19 heavy (non-hydrogen) atoms. The lowest BCUT2D eigenvalue weighted by Gasteiger charge is -2.17. The molecule has 1 aromatic rings. The molecule has 8 nitrogen and oxygen atoms in total. The van der Waals surface area contributed by atoms with Crippen molar-refractivity contribution in [1.82, 2.24) is 14.1 Å². The quantitative estimate of drug-likeness (QED) is 0.773. The summed E-state index contributed by atoms with van der Waals surface area (Å²) in [6.07, 6.45) is -0.248. The van der Waals surface area contributed by atoms with Crippen molar-refractivity contribution in [3.63, 3.8) is 0 Å². The number of hydrogen-bond acceptors (Lipinski definition) is 4. The number of carboxylic acid groups (broad SMARTS) is 1. The Labute approximate surface area is 112 Å². The molecule has 0 unspecified atom stereocenters. The fraction of sp³-hybridized carbons (Fsp3) is 0.600. The van der Waals surface area contributed by atoms with Gasteiger partial charge in [0.05, 0.1) is 23.5 Å². The molecule has 1 heterocycles. The van der Waals surface area contributed by atoms with E-state index >= 15 is 0 Å². The molecule has 0 aliphatic rings. The van der Waals surface area contributed by atoms with Crippen LogP contribution in [0.4, 0.5) is 5.69 Å². The van der Waals surface area contributed by atoms with E-state index in [-0.39, 0.29) is 13.0 Å². The van der Waals surface area contributed by atoms with Crippen molar-refractivity contribution in [3.05, 3.63) is 11.4 Å². The predicted octanol–water partition coefficient (Wildman–Crippen LogP) is 0.100. The number of aromatic nitrogens is 2. The number of nitrogens with one attached hydrogen (secondary N) is 1. The van der Waals surface area contributed by atoms with Gasteiger partial charge in [-0.2, -0.15) is 17.8 Å². The van der Waals surface area contributed by atoms with Crippen LogP contribution in [0, 0.1) is 13.8 Å². The standard InChI is InChI=1S/C10H18N4O4S/c1-7-10(8(2)14(4)11-7)12-19(17,18)13(3)6-5-9(15)16/h12H,5-6H2,1-4H3,(H,15,16). The van der Waals surface area contributed by atoms with Gasteiger partial charge in [0.25, 0.3) is 0 Å². The molecule has 1 aromatic heterocycles. The van der Waals surface area contributed by atoms with Crippen LogP contribution in [0.2, 0.25) is 0 Å². The third-order valence-electron chi connectivity index (χ3n) is 2.79. The van der Waals surface area contributed by atoms with Crippen LogP contribution in [0.3, 0.4) is 0 Å². The van der Waals surface area contributed by atoms with Crippen LogP contribution in [0.5, 0.6) is 0 Å². The van der Waals surface area contributed by atoms with Crippen molar-refractivity contribution in [2.24, 2.45) is 7.05 Å². The van der Waals surface area contributed by atoms with Gasteiger partial charge in [-0.1, -0.05) is 0 Å². The van der Waals surface area contributed by atoms with E-state index in [4.69, 9.17) is 5.11 Å². The highest BCUT2D eigenvalue weighted by molar-refractivity contribution is 7.90. The minimum Gasteiger partial charge on any atom is -0.481 e. The molecule has 9 heteroatoms. The number of aryl methyl sites for hydroxylation is 2. The average Bonchev–Trinajstić information content (AvgIpc) is 2.52. The van der Waals surface area contributed by atoms with Gasteiger partial charge in [0.15, 0.2) is 0 Å². The van der Waals surface area contributed by atoms with Crippen LogP contribution in [0.25, 0.3) is 0 Å². The van der Waals surface area contributed by atoms with Gasteiger partial charge >= 0.3 is 16.2 Å². The van der Waals surface area contributed by atoms with Crippen molar-refractivity contribution < 1.29 is 18.3 Å². The Kier molecular flexibility index (Phi) is 4.53. The summed E-state index contributed by atoms with van der Waals surface area (Å²) in [5, 5.41) is 12.7. The van der Waals surface area contributed by atoms with Crippen LogP contribution in [0.1, 0.15) is 17.8 Å². The number of nitrogens with zero attached hydrogens (tertiary/aromatic N) is 3. The van der Waals surface area contributed by atoms with Crippen LogP contribution >= 0.6 is 0 Å². The smallest absolute Gasteiger partial charge is 0.304 e. The summed E-state index contributed by atoms with van der Waals surface area (Å²) in [6.45, 7) is 3.35. The molecule has 0 saturated heterocycles. The summed E-state index contributed by atoms with van der Waals surface area (Å²) in [7, 11) is -0.732. The average molecular weight is 290 g/mol. The highest BCUT2D eigenvalue weighted by Gasteiger charge is 2.21. The maximum atomic E-state index is 12.0. The molecule has 0 fully saturated rings. The molecule has 0 aliphatic carbocycles. The third-order valence-corrected chi connectivity index (χ3v) is 4.26. The molecular weight excluding hydrogens is 272 g/mol. The molecule has 1 rings (SSSR count). The Morgan fingerprint density at radius 3 is 2.47 bits per heavy atom. The van der Waals surface area contributed by atoms with E-state index in [0.29, 0.717) is 17.1 Å². The maximum absolute atomic E-state index is 12.0. The second-order valence-corrected chi connectivity index (χ2v) is 6.02. The molecule has 108 valence electrons. The fourth-order valence-electron chi connectivity index (χ4n) is 1.50. The van der Waals surface area contributed by atoms with Crippen molar-refractivity contribution in [1.29, 1.82) is 0 Å². The Bertz CT molecular complexity index is 579. The molecule has 0 spiro atoms. The number of carboxylic acids is 1. The summed E-state index contributed by atoms with van der Waals surface area (Å²) in [5.74, 6) is -1.05. The normalized spacial score (nSPS) is 11.8. The summed E-state index contributed by atoms with van der Waals surface area (Å²) >= 11 is 0. The van der Waals surface area contributed by atoms with Gasteiger partial charge in [-0.25, -0.2) is 0 Å². The van der Waals surface area contributed by atoms with Gasteiger partial charge in [-0.05, 0) is 13.8 Å². The number of rotatable bonds is 6. The van der Waals surface area contributed by atoms with Gasteiger partial charge in [-0.3, -0.25) is 14.2 Å². The highest BCUT2D eigenvalue weighted by atomic mass is 32.2. The summed E-state index contributed by atoms with van der Waals surface area (Å²) in [5.41, 5.74) is 1.67. The van der Waals surface area contributed by atoms with Crippen molar-refractivity contribution in [2.45, 2.75) is 20.3 Å². The van der Waals surface area contributed by atoms with E-state index in [0.717, 1.165) is 4.31 Å². The van der Waals surface area contributed by atoms with E-state index in [1.807, 2.05) is 0 Å². The summed E-state index contributed by atoms with van der Waals surface area (Å²) < 4.78 is 29.0. The Balaban J connectivity index is 2.87. The zero-order valence-electron chi connectivity index (χ0n) is 11.3. The van der Waals surface area contributed by atoms with Gasteiger partial charge < -0.3 is 5.11 Å². The Morgan fingerprint density at radius 2 is 2.05 bits per heavy atom. The monoisotopic (exact) mass is 290 g/mol. The minimum absolute atomic E-state index is 0.0942. The highest BCUT2D eigenvalue weighted by Crippen LogP contribution is 2.20. The first-order valence-electron chi connectivity index (χ1n) is 5.61. The van der Waals surface area contributed by atoms with E-state index in [1.54, 1.807) is 25.6 Å². The van der Waals surface area contributed by atoms with E-state index < -0.39 is 16.2 Å². The SMILES string of the molecule is Cc1nn(C)c(C)c1NS(=O)(=O)N(C)CCC(=O)O. The topological polar surface area (TPSA) is 105 Å². The molecule has 0 aliphatic heterocycles. The molecule has 0 aromatic carbocycles.